The van der Waals surface area contributed by atoms with Crippen LogP contribution in [0.25, 0.3) is 0 Å². The van der Waals surface area contributed by atoms with E-state index in [0.29, 0.717) is 13.0 Å². The molecule has 2 heterocycles. The van der Waals surface area contributed by atoms with Gasteiger partial charge in [0.05, 0.1) is 5.54 Å². The molecule has 96 valence electrons. The molecular formula is C12H20N2O3. The molecule has 0 aromatic rings. The maximum atomic E-state index is 12.5. The SMILES string of the molecule is CCC1(C(=O)N2CCC[C@@H]2C(=O)O)CCCN1. The van der Waals surface area contributed by atoms with E-state index in [2.05, 4.69) is 5.32 Å². The number of likely N-dealkylation sites (tertiary alicyclic amines) is 1. The topological polar surface area (TPSA) is 69.6 Å². The molecule has 2 fully saturated rings. The second-order valence-corrected chi connectivity index (χ2v) is 4.96. The number of hydrogen-bond donors (Lipinski definition) is 2. The number of carboxylic acids is 1. The number of nitrogens with one attached hydrogen (secondary N) is 1. The third-order valence-corrected chi connectivity index (χ3v) is 4.06. The van der Waals surface area contributed by atoms with Crippen molar-refractivity contribution in [2.45, 2.75) is 50.6 Å². The maximum Gasteiger partial charge on any atom is 0.326 e. The Morgan fingerprint density at radius 1 is 1.47 bits per heavy atom. The van der Waals surface area contributed by atoms with Crippen molar-refractivity contribution in [3.63, 3.8) is 0 Å². The van der Waals surface area contributed by atoms with E-state index in [-0.39, 0.29) is 5.91 Å². The molecule has 1 amide bonds. The van der Waals surface area contributed by atoms with Crippen molar-refractivity contribution >= 4 is 11.9 Å². The predicted molar refractivity (Wildman–Crippen MR) is 62.6 cm³/mol. The number of amides is 1. The molecule has 1 unspecified atom stereocenters. The zero-order valence-corrected chi connectivity index (χ0v) is 10.2. The Kier molecular flexibility index (Phi) is 3.38. The van der Waals surface area contributed by atoms with Gasteiger partial charge >= 0.3 is 5.97 Å². The van der Waals surface area contributed by atoms with Crippen LogP contribution >= 0.6 is 0 Å². The lowest BCUT2D eigenvalue weighted by Crippen LogP contribution is -2.56. The van der Waals surface area contributed by atoms with Crippen molar-refractivity contribution in [3.05, 3.63) is 0 Å². The molecule has 0 radical (unpaired) electrons. The first-order valence-electron chi connectivity index (χ1n) is 6.39. The number of carbonyl (C=O) groups is 2. The summed E-state index contributed by atoms with van der Waals surface area (Å²) in [4.78, 5) is 25.2. The van der Waals surface area contributed by atoms with E-state index >= 15 is 0 Å². The molecule has 0 aliphatic carbocycles. The van der Waals surface area contributed by atoms with Gasteiger partial charge in [-0.2, -0.15) is 0 Å². The fraction of sp³-hybridized carbons (Fsp3) is 0.833. The molecule has 0 aromatic heterocycles. The maximum absolute atomic E-state index is 12.5. The number of carbonyl (C=O) groups excluding carboxylic acids is 1. The second kappa shape index (κ2) is 4.64. The van der Waals surface area contributed by atoms with E-state index in [0.717, 1.165) is 32.2 Å². The summed E-state index contributed by atoms with van der Waals surface area (Å²) in [6, 6.07) is -0.617. The van der Waals surface area contributed by atoms with Gasteiger partial charge in [0.25, 0.3) is 0 Å². The average Bonchev–Trinajstić information content (AvgIpc) is 2.98. The van der Waals surface area contributed by atoms with Crippen molar-refractivity contribution in [1.82, 2.24) is 10.2 Å². The Morgan fingerprint density at radius 2 is 2.24 bits per heavy atom. The molecule has 5 nitrogen and oxygen atoms in total. The first-order valence-corrected chi connectivity index (χ1v) is 6.39. The van der Waals surface area contributed by atoms with Crippen molar-refractivity contribution in [1.29, 1.82) is 0 Å². The number of aliphatic carboxylic acids is 1. The van der Waals surface area contributed by atoms with Gasteiger partial charge in [-0.25, -0.2) is 4.79 Å². The summed E-state index contributed by atoms with van der Waals surface area (Å²) in [7, 11) is 0. The van der Waals surface area contributed by atoms with Crippen molar-refractivity contribution in [2.75, 3.05) is 13.1 Å². The lowest BCUT2D eigenvalue weighted by Gasteiger charge is -2.33. The van der Waals surface area contributed by atoms with Gasteiger partial charge in [-0.15, -0.1) is 0 Å². The van der Waals surface area contributed by atoms with Crippen LogP contribution in [-0.4, -0.2) is 46.6 Å². The first-order chi connectivity index (χ1) is 8.10. The standard InChI is InChI=1S/C12H20N2O3/c1-2-12(6-4-7-13-12)11(17)14-8-3-5-9(14)10(15)16/h9,13H,2-8H2,1H3,(H,15,16)/t9-,12?/m1/s1. The monoisotopic (exact) mass is 240 g/mol. The van der Waals surface area contributed by atoms with Gasteiger partial charge in [0.1, 0.15) is 6.04 Å². The molecular weight excluding hydrogens is 220 g/mol. The third kappa shape index (κ3) is 2.04. The largest absolute Gasteiger partial charge is 0.480 e. The number of nitrogens with zero attached hydrogens (tertiary/aromatic N) is 1. The van der Waals surface area contributed by atoms with Gasteiger partial charge < -0.3 is 15.3 Å². The van der Waals surface area contributed by atoms with E-state index in [9.17, 15) is 9.59 Å². The molecule has 2 rings (SSSR count). The minimum atomic E-state index is -0.875. The molecule has 0 spiro atoms. The van der Waals surface area contributed by atoms with Gasteiger partial charge in [-0.1, -0.05) is 6.92 Å². The number of rotatable bonds is 3. The Labute approximate surface area is 101 Å². The quantitative estimate of drug-likeness (QED) is 0.757. The molecule has 0 aromatic carbocycles. The van der Waals surface area contributed by atoms with Crippen LogP contribution in [0.5, 0.6) is 0 Å². The predicted octanol–water partition coefficient (Wildman–Crippen LogP) is 0.594. The van der Waals surface area contributed by atoms with Crippen LogP contribution in [0.15, 0.2) is 0 Å². The summed E-state index contributed by atoms with van der Waals surface area (Å²) in [5, 5.41) is 12.4. The van der Waals surface area contributed by atoms with Gasteiger partial charge in [-0.3, -0.25) is 4.79 Å². The Bertz CT molecular complexity index is 324. The van der Waals surface area contributed by atoms with Gasteiger partial charge in [0.2, 0.25) is 5.91 Å². The molecule has 2 saturated heterocycles. The zero-order valence-electron chi connectivity index (χ0n) is 10.2. The summed E-state index contributed by atoms with van der Waals surface area (Å²) in [5.41, 5.74) is -0.502. The fourth-order valence-electron chi connectivity index (χ4n) is 2.98. The van der Waals surface area contributed by atoms with E-state index in [1.165, 1.54) is 0 Å². The number of carboxylic acid groups (broad SMARTS) is 1. The van der Waals surface area contributed by atoms with Crippen LogP contribution < -0.4 is 5.32 Å². The summed E-state index contributed by atoms with van der Waals surface area (Å²) in [6.07, 6.45) is 3.92. The van der Waals surface area contributed by atoms with Crippen LogP contribution in [0.1, 0.15) is 39.0 Å². The number of hydrogen-bond acceptors (Lipinski definition) is 3. The lowest BCUT2D eigenvalue weighted by molar-refractivity contribution is -0.151. The highest BCUT2D eigenvalue weighted by molar-refractivity contribution is 5.91. The second-order valence-electron chi connectivity index (χ2n) is 4.96. The van der Waals surface area contributed by atoms with E-state index in [4.69, 9.17) is 5.11 Å². The van der Waals surface area contributed by atoms with Gasteiger partial charge in [0, 0.05) is 6.54 Å². The lowest BCUT2D eigenvalue weighted by atomic mass is 9.92. The van der Waals surface area contributed by atoms with Gasteiger partial charge in [0.15, 0.2) is 0 Å². The average molecular weight is 240 g/mol. The van der Waals surface area contributed by atoms with Crippen LogP contribution in [-0.2, 0) is 9.59 Å². The molecule has 2 atom stereocenters. The normalized spacial score (nSPS) is 33.0. The highest BCUT2D eigenvalue weighted by Gasteiger charge is 2.46. The zero-order chi connectivity index (χ0) is 12.5. The molecule has 0 saturated carbocycles. The molecule has 17 heavy (non-hydrogen) atoms. The molecule has 2 aliphatic rings. The Morgan fingerprint density at radius 3 is 2.76 bits per heavy atom. The van der Waals surface area contributed by atoms with E-state index in [1.807, 2.05) is 6.92 Å². The minimum absolute atomic E-state index is 0.0117. The minimum Gasteiger partial charge on any atom is -0.480 e. The van der Waals surface area contributed by atoms with Gasteiger partial charge in [-0.05, 0) is 38.6 Å². The van der Waals surface area contributed by atoms with Crippen molar-refractivity contribution in [3.8, 4) is 0 Å². The fourth-order valence-corrected chi connectivity index (χ4v) is 2.98. The summed E-state index contributed by atoms with van der Waals surface area (Å²) < 4.78 is 0. The van der Waals surface area contributed by atoms with Crippen LogP contribution in [0.2, 0.25) is 0 Å². The van der Waals surface area contributed by atoms with E-state index in [1.54, 1.807) is 4.90 Å². The Hall–Kier alpha value is -1.10. The third-order valence-electron chi connectivity index (χ3n) is 4.06. The highest BCUT2D eigenvalue weighted by Crippen LogP contribution is 2.29. The van der Waals surface area contributed by atoms with Crippen molar-refractivity contribution in [2.24, 2.45) is 0 Å². The van der Waals surface area contributed by atoms with Crippen LogP contribution in [0.4, 0.5) is 0 Å². The molecule has 5 heteroatoms. The Balaban J connectivity index is 2.15. The van der Waals surface area contributed by atoms with E-state index < -0.39 is 17.6 Å². The molecule has 2 aliphatic heterocycles. The summed E-state index contributed by atoms with van der Waals surface area (Å²) >= 11 is 0. The van der Waals surface area contributed by atoms with Crippen molar-refractivity contribution < 1.29 is 14.7 Å². The molecule has 0 bridgehead atoms. The summed E-state index contributed by atoms with van der Waals surface area (Å²) in [5.74, 6) is -0.887. The first kappa shape index (κ1) is 12.4. The summed E-state index contributed by atoms with van der Waals surface area (Å²) in [6.45, 7) is 3.42. The molecule has 2 N–H and O–H groups in total. The van der Waals surface area contributed by atoms with Crippen LogP contribution in [0.3, 0.4) is 0 Å². The smallest absolute Gasteiger partial charge is 0.326 e. The highest BCUT2D eigenvalue weighted by atomic mass is 16.4. The van der Waals surface area contributed by atoms with Crippen LogP contribution in [0, 0.1) is 0 Å².